The predicted octanol–water partition coefficient (Wildman–Crippen LogP) is 4.57. The van der Waals surface area contributed by atoms with Crippen LogP contribution in [0.3, 0.4) is 0 Å². The average Bonchev–Trinajstić information content (AvgIpc) is 2.98. The summed E-state index contributed by atoms with van der Waals surface area (Å²) >= 11 is 11.9. The van der Waals surface area contributed by atoms with Crippen LogP contribution in [0.5, 0.6) is 11.6 Å². The molecule has 0 aliphatic carbocycles. The van der Waals surface area contributed by atoms with Crippen LogP contribution < -0.4 is 4.74 Å². The van der Waals surface area contributed by atoms with Gasteiger partial charge in [-0.05, 0) is 29.2 Å². The maximum Gasteiger partial charge on any atom is 0.342 e. The quantitative estimate of drug-likeness (QED) is 0.360. The van der Waals surface area contributed by atoms with Crippen molar-refractivity contribution in [1.29, 1.82) is 0 Å². The van der Waals surface area contributed by atoms with Crippen molar-refractivity contribution in [3.05, 3.63) is 68.7 Å². The maximum atomic E-state index is 10.8. The number of benzene rings is 1. The summed E-state index contributed by atoms with van der Waals surface area (Å²) in [5.74, 6) is 0.999. The van der Waals surface area contributed by atoms with E-state index in [0.29, 0.717) is 33.2 Å². The Bertz CT molecular complexity index is 986. The van der Waals surface area contributed by atoms with Crippen LogP contribution >= 0.6 is 23.2 Å². The molecule has 0 aliphatic heterocycles. The highest BCUT2D eigenvalue weighted by Gasteiger charge is 2.14. The molecular weight excluding hydrogens is 381 g/mol. The van der Waals surface area contributed by atoms with Crippen molar-refractivity contribution in [3.8, 4) is 11.6 Å². The van der Waals surface area contributed by atoms with Gasteiger partial charge in [0.15, 0.2) is 0 Å². The van der Waals surface area contributed by atoms with Crippen LogP contribution in [0.15, 0.2) is 47.7 Å². The summed E-state index contributed by atoms with van der Waals surface area (Å²) < 4.78 is 6.92. The lowest BCUT2D eigenvalue weighted by atomic mass is 10.3. The highest BCUT2D eigenvalue weighted by atomic mass is 35.5. The number of nitrogens with zero attached hydrogens (tertiary/aromatic N) is 5. The molecule has 0 atom stereocenters. The van der Waals surface area contributed by atoms with Gasteiger partial charge in [-0.2, -0.15) is 0 Å². The minimum atomic E-state index is -0.514. The van der Waals surface area contributed by atoms with Crippen LogP contribution in [0, 0.1) is 10.1 Å². The monoisotopic (exact) mass is 391 g/mol. The van der Waals surface area contributed by atoms with Gasteiger partial charge in [-0.15, -0.1) is 0 Å². The molecule has 0 bridgehead atoms. The first kappa shape index (κ1) is 17.8. The van der Waals surface area contributed by atoms with Gasteiger partial charge in [0.25, 0.3) is 0 Å². The van der Waals surface area contributed by atoms with Gasteiger partial charge < -0.3 is 14.9 Å². The minimum absolute atomic E-state index is 0.117. The number of hydrogen-bond acceptors (Lipinski definition) is 6. The number of aliphatic imine (C=N–C) groups is 1. The summed E-state index contributed by atoms with van der Waals surface area (Å²) in [6, 6.07) is 8.18. The minimum Gasteiger partial charge on any atom is -0.437 e. The molecule has 3 aromatic rings. The van der Waals surface area contributed by atoms with Crippen LogP contribution in [0.25, 0.3) is 0 Å². The molecule has 10 heteroatoms. The Morgan fingerprint density at radius 1 is 1.23 bits per heavy atom. The van der Waals surface area contributed by atoms with Crippen LogP contribution in [0.4, 0.5) is 11.5 Å². The second-order valence-corrected chi connectivity index (χ2v) is 5.92. The van der Waals surface area contributed by atoms with Crippen LogP contribution in [-0.4, -0.2) is 25.7 Å². The maximum absolute atomic E-state index is 10.8. The lowest BCUT2D eigenvalue weighted by Crippen LogP contribution is -2.01. The number of hydrogen-bond donors (Lipinski definition) is 0. The van der Waals surface area contributed by atoms with Gasteiger partial charge in [-0.1, -0.05) is 23.2 Å². The van der Waals surface area contributed by atoms with E-state index in [9.17, 15) is 10.1 Å². The Balaban J connectivity index is 1.72. The standard InChI is InChI=1S/C16H11Cl2N5O3/c1-22-14(20-9-16(22)23(24)25)8-19-11-3-5-15(21-7-11)26-13-4-2-10(17)6-12(13)18/h2-9H,1H3. The van der Waals surface area contributed by atoms with Gasteiger partial charge in [0.2, 0.25) is 11.7 Å². The van der Waals surface area contributed by atoms with Gasteiger partial charge in [-0.3, -0.25) is 0 Å². The second-order valence-electron chi connectivity index (χ2n) is 5.08. The van der Waals surface area contributed by atoms with Crippen LogP contribution in [-0.2, 0) is 7.05 Å². The molecule has 0 fully saturated rings. The third kappa shape index (κ3) is 3.98. The van der Waals surface area contributed by atoms with Crippen LogP contribution in [0.1, 0.15) is 5.82 Å². The summed E-state index contributed by atoms with van der Waals surface area (Å²) in [6.07, 6.45) is 4.08. The van der Waals surface area contributed by atoms with Gasteiger partial charge >= 0.3 is 5.82 Å². The molecule has 1 aromatic carbocycles. The molecule has 0 spiro atoms. The van der Waals surface area contributed by atoms with E-state index in [0.717, 1.165) is 0 Å². The Morgan fingerprint density at radius 3 is 2.65 bits per heavy atom. The summed E-state index contributed by atoms with van der Waals surface area (Å²) in [5.41, 5.74) is 0.533. The fourth-order valence-electron chi connectivity index (χ4n) is 2.02. The smallest absolute Gasteiger partial charge is 0.342 e. The highest BCUT2D eigenvalue weighted by Crippen LogP contribution is 2.31. The molecule has 26 heavy (non-hydrogen) atoms. The number of aromatic nitrogens is 3. The van der Waals surface area contributed by atoms with Crippen molar-refractivity contribution in [2.45, 2.75) is 0 Å². The van der Waals surface area contributed by atoms with E-state index < -0.39 is 4.92 Å². The fourth-order valence-corrected chi connectivity index (χ4v) is 2.46. The first-order chi connectivity index (χ1) is 12.4. The number of imidazole rings is 1. The van der Waals surface area contributed by atoms with E-state index in [-0.39, 0.29) is 5.82 Å². The SMILES string of the molecule is Cn1c([N+](=O)[O-])cnc1C=Nc1ccc(Oc2ccc(Cl)cc2Cl)nc1. The van der Waals surface area contributed by atoms with Crippen molar-refractivity contribution in [2.75, 3.05) is 0 Å². The Labute approximate surface area is 157 Å². The Kier molecular flexibility index (Phi) is 5.15. The third-order valence-electron chi connectivity index (χ3n) is 3.34. The van der Waals surface area contributed by atoms with E-state index in [4.69, 9.17) is 27.9 Å². The van der Waals surface area contributed by atoms with Gasteiger partial charge in [0.05, 0.1) is 30.2 Å². The van der Waals surface area contributed by atoms with Crippen molar-refractivity contribution in [2.24, 2.45) is 12.0 Å². The molecule has 3 rings (SSSR count). The molecular formula is C16H11Cl2N5O3. The molecule has 8 nitrogen and oxygen atoms in total. The zero-order chi connectivity index (χ0) is 18.7. The van der Waals surface area contributed by atoms with Crippen molar-refractivity contribution < 1.29 is 9.66 Å². The average molecular weight is 392 g/mol. The zero-order valence-corrected chi connectivity index (χ0v) is 14.8. The van der Waals surface area contributed by atoms with Crippen molar-refractivity contribution >= 4 is 40.9 Å². The Morgan fingerprint density at radius 2 is 2.04 bits per heavy atom. The van der Waals surface area contributed by atoms with Crippen molar-refractivity contribution in [3.63, 3.8) is 0 Å². The summed E-state index contributed by atoms with van der Waals surface area (Å²) in [6.45, 7) is 0. The summed E-state index contributed by atoms with van der Waals surface area (Å²) in [7, 11) is 1.54. The van der Waals surface area contributed by atoms with E-state index in [1.54, 1.807) is 30.3 Å². The van der Waals surface area contributed by atoms with Gasteiger partial charge in [0.1, 0.15) is 11.9 Å². The normalized spacial score (nSPS) is 11.0. The first-order valence-corrected chi connectivity index (χ1v) is 7.99. The lowest BCUT2D eigenvalue weighted by Gasteiger charge is -2.06. The fraction of sp³-hybridized carbons (Fsp3) is 0.0625. The van der Waals surface area contributed by atoms with E-state index in [1.807, 2.05) is 0 Å². The predicted molar refractivity (Wildman–Crippen MR) is 97.9 cm³/mol. The zero-order valence-electron chi connectivity index (χ0n) is 13.3. The number of pyridine rings is 1. The molecule has 2 aromatic heterocycles. The summed E-state index contributed by atoms with van der Waals surface area (Å²) in [5, 5.41) is 11.7. The second kappa shape index (κ2) is 7.51. The number of halogens is 2. The van der Waals surface area contributed by atoms with Crippen molar-refractivity contribution in [1.82, 2.24) is 14.5 Å². The highest BCUT2D eigenvalue weighted by molar-refractivity contribution is 6.35. The molecule has 0 aliphatic rings. The van der Waals surface area contributed by atoms with E-state index >= 15 is 0 Å². The molecule has 0 saturated heterocycles. The van der Waals surface area contributed by atoms with E-state index in [1.165, 1.54) is 30.2 Å². The van der Waals surface area contributed by atoms with Gasteiger partial charge in [0, 0.05) is 11.1 Å². The largest absolute Gasteiger partial charge is 0.437 e. The first-order valence-electron chi connectivity index (χ1n) is 7.23. The number of rotatable bonds is 5. The third-order valence-corrected chi connectivity index (χ3v) is 3.88. The van der Waals surface area contributed by atoms with Gasteiger partial charge in [-0.25, -0.2) is 19.5 Å². The van der Waals surface area contributed by atoms with E-state index in [2.05, 4.69) is 15.0 Å². The molecule has 0 saturated carbocycles. The molecule has 0 unspecified atom stereocenters. The molecule has 0 N–H and O–H groups in total. The number of nitro groups is 1. The summed E-state index contributed by atoms with van der Waals surface area (Å²) in [4.78, 5) is 22.6. The molecule has 132 valence electrons. The Hall–Kier alpha value is -2.97. The molecule has 0 amide bonds. The van der Waals surface area contributed by atoms with Crippen LogP contribution in [0.2, 0.25) is 10.0 Å². The lowest BCUT2D eigenvalue weighted by molar-refractivity contribution is -0.391. The number of ether oxygens (including phenoxy) is 1. The molecule has 0 radical (unpaired) electrons. The topological polar surface area (TPSA) is 95.4 Å². The molecule has 2 heterocycles.